The van der Waals surface area contributed by atoms with Crippen LogP contribution in [-0.2, 0) is 9.53 Å². The number of ether oxygens (including phenoxy) is 1. The van der Waals surface area contributed by atoms with Crippen LogP contribution in [0.3, 0.4) is 0 Å². The summed E-state index contributed by atoms with van der Waals surface area (Å²) in [5, 5.41) is 9.20. The van der Waals surface area contributed by atoms with Gasteiger partial charge in [-0.05, 0) is 37.0 Å². The highest BCUT2D eigenvalue weighted by atomic mass is 16.5. The van der Waals surface area contributed by atoms with Gasteiger partial charge in [-0.3, -0.25) is 0 Å². The van der Waals surface area contributed by atoms with E-state index < -0.39 is 12.1 Å². The van der Waals surface area contributed by atoms with Gasteiger partial charge in [-0.15, -0.1) is 0 Å². The summed E-state index contributed by atoms with van der Waals surface area (Å²) in [5.41, 5.74) is 0.274. The molecule has 1 aliphatic rings. The number of hydrogen-bond acceptors (Lipinski definition) is 2. The van der Waals surface area contributed by atoms with Crippen molar-refractivity contribution in [3.8, 4) is 0 Å². The third-order valence-corrected chi connectivity index (χ3v) is 3.80. The summed E-state index contributed by atoms with van der Waals surface area (Å²) in [6.45, 7) is 8.81. The molecular weight excluding hydrogens is 228 g/mol. The van der Waals surface area contributed by atoms with Crippen LogP contribution in [0.15, 0.2) is 0 Å². The van der Waals surface area contributed by atoms with Crippen LogP contribution >= 0.6 is 0 Å². The molecule has 0 aromatic heterocycles. The van der Waals surface area contributed by atoms with Gasteiger partial charge in [0.2, 0.25) is 0 Å². The van der Waals surface area contributed by atoms with E-state index >= 15 is 0 Å². The van der Waals surface area contributed by atoms with Crippen LogP contribution in [0.25, 0.3) is 0 Å². The molecular formula is C15H28O3. The van der Waals surface area contributed by atoms with Crippen LogP contribution in [0.5, 0.6) is 0 Å². The van der Waals surface area contributed by atoms with Crippen molar-refractivity contribution in [1.29, 1.82) is 0 Å². The number of unbranched alkanes of at least 4 members (excludes halogenated alkanes) is 1. The average molecular weight is 256 g/mol. The highest BCUT2D eigenvalue weighted by Gasteiger charge is 2.34. The maximum atomic E-state index is 11.2. The average Bonchev–Trinajstić information content (AvgIpc) is 2.20. The topological polar surface area (TPSA) is 46.5 Å². The zero-order chi connectivity index (χ0) is 13.8. The van der Waals surface area contributed by atoms with Gasteiger partial charge in [0.1, 0.15) is 0 Å². The molecule has 0 aromatic carbocycles. The van der Waals surface area contributed by atoms with Gasteiger partial charge in [-0.2, -0.15) is 0 Å². The summed E-state index contributed by atoms with van der Waals surface area (Å²) >= 11 is 0. The molecule has 1 saturated carbocycles. The largest absolute Gasteiger partial charge is 0.479 e. The Kier molecular flexibility index (Phi) is 5.64. The lowest BCUT2D eigenvalue weighted by Gasteiger charge is -2.39. The van der Waals surface area contributed by atoms with Crippen LogP contribution in [0.2, 0.25) is 0 Å². The molecule has 3 heteroatoms. The zero-order valence-corrected chi connectivity index (χ0v) is 12.2. The van der Waals surface area contributed by atoms with Crippen LogP contribution in [0.1, 0.15) is 66.2 Å². The molecule has 3 nitrogen and oxygen atoms in total. The van der Waals surface area contributed by atoms with E-state index in [9.17, 15) is 9.90 Å². The quantitative estimate of drug-likeness (QED) is 0.785. The van der Waals surface area contributed by atoms with Gasteiger partial charge < -0.3 is 9.84 Å². The molecule has 18 heavy (non-hydrogen) atoms. The Bertz CT molecular complexity index is 273. The van der Waals surface area contributed by atoms with Gasteiger partial charge in [0.25, 0.3) is 0 Å². The van der Waals surface area contributed by atoms with Crippen molar-refractivity contribution in [3.05, 3.63) is 0 Å². The van der Waals surface area contributed by atoms with E-state index in [0.29, 0.717) is 12.3 Å². The molecule has 0 aliphatic heterocycles. The van der Waals surface area contributed by atoms with Crippen LogP contribution < -0.4 is 0 Å². The molecule has 1 fully saturated rings. The highest BCUT2D eigenvalue weighted by Crippen LogP contribution is 2.40. The van der Waals surface area contributed by atoms with Crippen molar-refractivity contribution in [1.82, 2.24) is 0 Å². The molecule has 0 heterocycles. The summed E-state index contributed by atoms with van der Waals surface area (Å²) in [6, 6.07) is 0. The van der Waals surface area contributed by atoms with Gasteiger partial charge in [-0.1, -0.05) is 40.5 Å². The molecule has 1 aliphatic carbocycles. The summed E-state index contributed by atoms with van der Waals surface area (Å²) in [7, 11) is 0. The van der Waals surface area contributed by atoms with Gasteiger partial charge in [-0.25, -0.2) is 4.79 Å². The fraction of sp³-hybridized carbons (Fsp3) is 0.933. The first-order valence-corrected chi connectivity index (χ1v) is 7.22. The number of hydrogen-bond donors (Lipinski definition) is 1. The fourth-order valence-corrected chi connectivity index (χ4v) is 3.23. The minimum Gasteiger partial charge on any atom is -0.479 e. The van der Waals surface area contributed by atoms with E-state index in [2.05, 4.69) is 27.7 Å². The van der Waals surface area contributed by atoms with Crippen LogP contribution in [0, 0.1) is 11.3 Å². The Morgan fingerprint density at radius 2 is 2.11 bits per heavy atom. The van der Waals surface area contributed by atoms with E-state index in [4.69, 9.17) is 4.74 Å². The molecule has 0 saturated heterocycles. The first kappa shape index (κ1) is 15.5. The van der Waals surface area contributed by atoms with Crippen molar-refractivity contribution in [2.24, 2.45) is 11.3 Å². The van der Waals surface area contributed by atoms with Crippen molar-refractivity contribution >= 4 is 5.97 Å². The van der Waals surface area contributed by atoms with Crippen molar-refractivity contribution in [2.45, 2.75) is 78.4 Å². The molecule has 0 aromatic rings. The number of aliphatic carboxylic acids is 1. The first-order chi connectivity index (χ1) is 8.34. The Balaban J connectivity index is 2.54. The summed E-state index contributed by atoms with van der Waals surface area (Å²) < 4.78 is 5.86. The smallest absolute Gasteiger partial charge is 0.332 e. The minimum atomic E-state index is -0.806. The first-order valence-electron chi connectivity index (χ1n) is 7.22. The normalized spacial score (nSPS) is 28.9. The standard InChI is InChI=1S/C15H28O3/c1-5-6-7-13(14(16)17)18-12-8-11(2)9-15(3,4)10-12/h11-13H,5-10H2,1-4H3,(H,16,17). The zero-order valence-electron chi connectivity index (χ0n) is 12.2. The monoisotopic (exact) mass is 256 g/mol. The van der Waals surface area contributed by atoms with Gasteiger partial charge in [0.15, 0.2) is 6.10 Å². The predicted molar refractivity (Wildman–Crippen MR) is 72.6 cm³/mol. The lowest BCUT2D eigenvalue weighted by molar-refractivity contribution is -0.159. The molecule has 3 atom stereocenters. The summed E-state index contributed by atoms with van der Waals surface area (Å²) in [6.07, 6.45) is 5.25. The van der Waals surface area contributed by atoms with E-state index in [1.54, 1.807) is 0 Å². The van der Waals surface area contributed by atoms with Gasteiger partial charge in [0.05, 0.1) is 6.10 Å². The van der Waals surface area contributed by atoms with Gasteiger partial charge in [0, 0.05) is 0 Å². The molecule has 0 bridgehead atoms. The summed E-state index contributed by atoms with van der Waals surface area (Å²) in [5.74, 6) is -0.182. The molecule has 1 rings (SSSR count). The number of carboxylic acids is 1. The number of carbonyl (C=O) groups is 1. The number of carboxylic acid groups (broad SMARTS) is 1. The van der Waals surface area contributed by atoms with E-state index in [-0.39, 0.29) is 11.5 Å². The van der Waals surface area contributed by atoms with E-state index in [0.717, 1.165) is 25.7 Å². The summed E-state index contributed by atoms with van der Waals surface area (Å²) in [4.78, 5) is 11.2. The molecule has 0 amide bonds. The number of rotatable bonds is 6. The lowest BCUT2D eigenvalue weighted by Crippen LogP contribution is -2.37. The minimum absolute atomic E-state index is 0.113. The molecule has 0 radical (unpaired) electrons. The second-order valence-electron chi connectivity index (χ2n) is 6.64. The molecule has 106 valence electrons. The molecule has 1 N–H and O–H groups in total. The maximum absolute atomic E-state index is 11.2. The van der Waals surface area contributed by atoms with Crippen molar-refractivity contribution in [2.75, 3.05) is 0 Å². The predicted octanol–water partition coefficient (Wildman–Crippen LogP) is 3.86. The van der Waals surface area contributed by atoms with Crippen LogP contribution in [-0.4, -0.2) is 23.3 Å². The third kappa shape index (κ3) is 4.97. The second-order valence-corrected chi connectivity index (χ2v) is 6.64. The van der Waals surface area contributed by atoms with Crippen molar-refractivity contribution < 1.29 is 14.6 Å². The molecule has 3 unspecified atom stereocenters. The Morgan fingerprint density at radius 1 is 1.44 bits per heavy atom. The molecule has 0 spiro atoms. The lowest BCUT2D eigenvalue weighted by atomic mass is 9.71. The van der Waals surface area contributed by atoms with Crippen LogP contribution in [0.4, 0.5) is 0 Å². The third-order valence-electron chi connectivity index (χ3n) is 3.80. The fourth-order valence-electron chi connectivity index (χ4n) is 3.23. The maximum Gasteiger partial charge on any atom is 0.332 e. The highest BCUT2D eigenvalue weighted by molar-refractivity contribution is 5.72. The Morgan fingerprint density at radius 3 is 2.61 bits per heavy atom. The van der Waals surface area contributed by atoms with Crippen molar-refractivity contribution in [3.63, 3.8) is 0 Å². The Hall–Kier alpha value is -0.570. The Labute approximate surface area is 111 Å². The van der Waals surface area contributed by atoms with E-state index in [1.165, 1.54) is 6.42 Å². The van der Waals surface area contributed by atoms with Gasteiger partial charge >= 0.3 is 5.97 Å². The SMILES string of the molecule is CCCCC(OC1CC(C)CC(C)(C)C1)C(=O)O. The second kappa shape index (κ2) is 6.55. The van der Waals surface area contributed by atoms with E-state index in [1.807, 2.05) is 0 Å².